The topological polar surface area (TPSA) is 35.6 Å². The fourth-order valence-electron chi connectivity index (χ4n) is 2.76. The van der Waals surface area contributed by atoms with Crippen LogP contribution in [-0.2, 0) is 0 Å². The molecule has 134 valence electrons. The monoisotopic (exact) mass is 347 g/mol. The summed E-state index contributed by atoms with van der Waals surface area (Å²) in [4.78, 5) is 15.4. The van der Waals surface area contributed by atoms with E-state index in [9.17, 15) is 22.4 Å². The summed E-state index contributed by atoms with van der Waals surface area (Å²) >= 11 is 0. The third kappa shape index (κ3) is 4.83. The van der Waals surface area contributed by atoms with Gasteiger partial charge in [-0.3, -0.25) is 4.90 Å². The van der Waals surface area contributed by atoms with E-state index in [2.05, 4.69) is 5.32 Å². The molecule has 0 saturated carbocycles. The summed E-state index contributed by atoms with van der Waals surface area (Å²) in [5.74, 6) is -1.95. The van der Waals surface area contributed by atoms with Crippen molar-refractivity contribution in [2.24, 2.45) is 0 Å². The standard InChI is InChI=1S/C16H21F4N3O/c1-11(12-4-2-5-13(17)15(12)20)21-16(24)23-7-3-6-22(8-9-23)10-14(18)19/h2,4-5,11,14H,3,6-10H2,1H3,(H,21,24)/t11-/m0/s1. The number of halogens is 4. The van der Waals surface area contributed by atoms with Gasteiger partial charge < -0.3 is 10.2 Å². The molecule has 1 saturated heterocycles. The fourth-order valence-corrected chi connectivity index (χ4v) is 2.76. The molecule has 1 aliphatic heterocycles. The van der Waals surface area contributed by atoms with Gasteiger partial charge in [-0.25, -0.2) is 22.4 Å². The molecule has 0 spiro atoms. The molecule has 1 heterocycles. The molecule has 0 radical (unpaired) electrons. The lowest BCUT2D eigenvalue weighted by molar-refractivity contribution is 0.0903. The van der Waals surface area contributed by atoms with Gasteiger partial charge in [0.25, 0.3) is 6.43 Å². The second-order valence-corrected chi connectivity index (χ2v) is 5.85. The number of rotatable bonds is 4. The Bertz CT molecular complexity index is 570. The minimum Gasteiger partial charge on any atom is -0.331 e. The zero-order valence-corrected chi connectivity index (χ0v) is 13.4. The van der Waals surface area contributed by atoms with Crippen molar-refractivity contribution in [3.63, 3.8) is 0 Å². The summed E-state index contributed by atoms with van der Waals surface area (Å²) in [6.45, 7) is 2.88. The molecule has 24 heavy (non-hydrogen) atoms. The molecule has 0 unspecified atom stereocenters. The van der Waals surface area contributed by atoms with Crippen LogP contribution in [0.15, 0.2) is 18.2 Å². The van der Waals surface area contributed by atoms with Gasteiger partial charge in [-0.2, -0.15) is 0 Å². The van der Waals surface area contributed by atoms with E-state index in [1.165, 1.54) is 17.0 Å². The number of nitrogens with one attached hydrogen (secondary N) is 1. The smallest absolute Gasteiger partial charge is 0.317 e. The molecule has 0 aromatic heterocycles. The predicted molar refractivity (Wildman–Crippen MR) is 81.9 cm³/mol. The molecule has 1 aromatic rings. The van der Waals surface area contributed by atoms with Crippen LogP contribution in [0.4, 0.5) is 22.4 Å². The van der Waals surface area contributed by atoms with Crippen molar-refractivity contribution < 1.29 is 22.4 Å². The second kappa shape index (κ2) is 8.32. The van der Waals surface area contributed by atoms with Crippen LogP contribution in [-0.4, -0.2) is 55.0 Å². The molecular weight excluding hydrogens is 326 g/mol. The summed E-state index contributed by atoms with van der Waals surface area (Å²) in [6.07, 6.45) is -1.82. The number of hydrogen-bond acceptors (Lipinski definition) is 2. The van der Waals surface area contributed by atoms with Crippen molar-refractivity contribution in [2.45, 2.75) is 25.8 Å². The molecule has 1 N–H and O–H groups in total. The number of alkyl halides is 2. The Morgan fingerprint density at radius 1 is 1.21 bits per heavy atom. The van der Waals surface area contributed by atoms with E-state index in [0.717, 1.165) is 6.07 Å². The number of carbonyl (C=O) groups excluding carboxylic acids is 1. The van der Waals surface area contributed by atoms with Gasteiger partial charge in [0.05, 0.1) is 12.6 Å². The van der Waals surface area contributed by atoms with Gasteiger partial charge in [-0.1, -0.05) is 12.1 Å². The first-order valence-corrected chi connectivity index (χ1v) is 7.88. The molecule has 1 aliphatic rings. The quantitative estimate of drug-likeness (QED) is 0.850. The minimum absolute atomic E-state index is 0.0671. The van der Waals surface area contributed by atoms with Crippen LogP contribution < -0.4 is 5.32 Å². The highest BCUT2D eigenvalue weighted by atomic mass is 19.3. The van der Waals surface area contributed by atoms with Gasteiger partial charge in [0.15, 0.2) is 11.6 Å². The number of carbonyl (C=O) groups is 1. The van der Waals surface area contributed by atoms with Crippen LogP contribution in [0.1, 0.15) is 24.9 Å². The maximum Gasteiger partial charge on any atom is 0.317 e. The highest BCUT2D eigenvalue weighted by Gasteiger charge is 2.23. The van der Waals surface area contributed by atoms with Crippen molar-refractivity contribution in [3.8, 4) is 0 Å². The maximum absolute atomic E-state index is 13.8. The van der Waals surface area contributed by atoms with Gasteiger partial charge in [0.2, 0.25) is 0 Å². The first-order valence-electron chi connectivity index (χ1n) is 7.88. The number of nitrogens with zero attached hydrogens (tertiary/aromatic N) is 2. The largest absolute Gasteiger partial charge is 0.331 e. The number of urea groups is 1. The van der Waals surface area contributed by atoms with Gasteiger partial charge in [-0.05, 0) is 19.4 Å². The molecule has 0 aliphatic carbocycles. The first kappa shape index (κ1) is 18.5. The van der Waals surface area contributed by atoms with E-state index in [1.807, 2.05) is 0 Å². The number of amides is 2. The normalized spacial score (nSPS) is 17.7. The van der Waals surface area contributed by atoms with E-state index in [0.29, 0.717) is 32.6 Å². The van der Waals surface area contributed by atoms with Crippen molar-refractivity contribution in [1.29, 1.82) is 0 Å². The Balaban J connectivity index is 1.93. The first-order chi connectivity index (χ1) is 11.4. The van der Waals surface area contributed by atoms with Crippen molar-refractivity contribution in [1.82, 2.24) is 15.1 Å². The lowest BCUT2D eigenvalue weighted by Gasteiger charge is -2.24. The van der Waals surface area contributed by atoms with Gasteiger partial charge in [0, 0.05) is 31.7 Å². The molecule has 2 amide bonds. The number of benzene rings is 1. The van der Waals surface area contributed by atoms with Gasteiger partial charge in [-0.15, -0.1) is 0 Å². The van der Waals surface area contributed by atoms with Gasteiger partial charge >= 0.3 is 6.03 Å². The summed E-state index contributed by atoms with van der Waals surface area (Å²) in [5, 5.41) is 2.63. The molecule has 1 aromatic carbocycles. The van der Waals surface area contributed by atoms with E-state index in [-0.39, 0.29) is 12.1 Å². The molecule has 1 fully saturated rings. The molecule has 0 bridgehead atoms. The minimum atomic E-state index is -2.40. The SMILES string of the molecule is C[C@H](NC(=O)N1CCCN(CC(F)F)CC1)c1cccc(F)c1F. The van der Waals surface area contributed by atoms with Crippen LogP contribution >= 0.6 is 0 Å². The van der Waals surface area contributed by atoms with Crippen LogP contribution in [0, 0.1) is 11.6 Å². The number of hydrogen-bond donors (Lipinski definition) is 1. The van der Waals surface area contributed by atoms with E-state index in [4.69, 9.17) is 0 Å². The zero-order valence-electron chi connectivity index (χ0n) is 13.4. The Labute approximate surface area is 138 Å². The van der Waals surface area contributed by atoms with Crippen molar-refractivity contribution in [3.05, 3.63) is 35.4 Å². The molecule has 2 rings (SSSR count). The van der Waals surface area contributed by atoms with Crippen LogP contribution in [0.3, 0.4) is 0 Å². The maximum atomic E-state index is 13.8. The van der Waals surface area contributed by atoms with E-state index < -0.39 is 30.1 Å². The molecular formula is C16H21F4N3O. The lowest BCUT2D eigenvalue weighted by Crippen LogP contribution is -2.43. The zero-order chi connectivity index (χ0) is 17.7. The lowest BCUT2D eigenvalue weighted by atomic mass is 10.1. The Morgan fingerprint density at radius 2 is 1.96 bits per heavy atom. The van der Waals surface area contributed by atoms with Crippen LogP contribution in [0.2, 0.25) is 0 Å². The third-order valence-corrected chi connectivity index (χ3v) is 4.06. The summed E-state index contributed by atoms with van der Waals surface area (Å²) in [5.41, 5.74) is 0.0671. The molecule has 4 nitrogen and oxygen atoms in total. The van der Waals surface area contributed by atoms with E-state index >= 15 is 0 Å². The van der Waals surface area contributed by atoms with Crippen LogP contribution in [0.5, 0.6) is 0 Å². The van der Waals surface area contributed by atoms with Crippen molar-refractivity contribution >= 4 is 6.03 Å². The average Bonchev–Trinajstić information content (AvgIpc) is 2.75. The summed E-state index contributed by atoms with van der Waals surface area (Å²) in [6, 6.07) is 2.69. The van der Waals surface area contributed by atoms with Crippen LogP contribution in [0.25, 0.3) is 0 Å². The highest BCUT2D eigenvalue weighted by Crippen LogP contribution is 2.19. The third-order valence-electron chi connectivity index (χ3n) is 4.06. The second-order valence-electron chi connectivity index (χ2n) is 5.85. The fraction of sp³-hybridized carbons (Fsp3) is 0.562. The highest BCUT2D eigenvalue weighted by molar-refractivity contribution is 5.74. The summed E-state index contributed by atoms with van der Waals surface area (Å²) in [7, 11) is 0. The Hall–Kier alpha value is -1.83. The Kier molecular flexibility index (Phi) is 6.42. The molecule has 8 heteroatoms. The van der Waals surface area contributed by atoms with Gasteiger partial charge in [0.1, 0.15) is 0 Å². The summed E-state index contributed by atoms with van der Waals surface area (Å²) < 4.78 is 51.9. The Morgan fingerprint density at radius 3 is 2.67 bits per heavy atom. The van der Waals surface area contributed by atoms with Crippen molar-refractivity contribution in [2.75, 3.05) is 32.7 Å². The average molecular weight is 347 g/mol. The molecule has 1 atom stereocenters. The van der Waals surface area contributed by atoms with E-state index in [1.54, 1.807) is 11.8 Å². The predicted octanol–water partition coefficient (Wildman–Crippen LogP) is 3.01.